The molecule has 13 heavy (non-hydrogen) atoms. The second kappa shape index (κ2) is 4.09. The van der Waals surface area contributed by atoms with Crippen LogP contribution in [-0.4, -0.2) is 27.5 Å². The van der Waals surface area contributed by atoms with Gasteiger partial charge in [0.1, 0.15) is 0 Å². The number of aromatic nitrogens is 2. The number of hydrogen-bond donors (Lipinski definition) is 2. The highest BCUT2D eigenvalue weighted by Crippen LogP contribution is 2.25. The molecule has 0 aromatic carbocycles. The Balaban J connectivity index is 2.93. The molecule has 0 saturated heterocycles. The van der Waals surface area contributed by atoms with E-state index in [0.29, 0.717) is 5.02 Å². The Morgan fingerprint density at radius 2 is 2.38 bits per heavy atom. The molecular weight excluding hydrogens is 190 g/mol. The Labute approximate surface area is 82.3 Å². The van der Waals surface area contributed by atoms with Crippen molar-refractivity contribution in [3.63, 3.8) is 0 Å². The maximum Gasteiger partial charge on any atom is 0.0821 e. The fourth-order valence-electron chi connectivity index (χ4n) is 1.32. The molecular formula is C8H14ClN3O. The molecule has 0 bridgehead atoms. The van der Waals surface area contributed by atoms with Crippen LogP contribution in [0.4, 0.5) is 0 Å². The molecule has 0 fully saturated rings. The van der Waals surface area contributed by atoms with E-state index in [0.717, 1.165) is 5.69 Å². The summed E-state index contributed by atoms with van der Waals surface area (Å²) in [6.45, 7) is 2.10. The van der Waals surface area contributed by atoms with Gasteiger partial charge >= 0.3 is 0 Å². The van der Waals surface area contributed by atoms with Crippen LogP contribution in [0, 0.1) is 0 Å². The van der Waals surface area contributed by atoms with Crippen molar-refractivity contribution in [2.75, 3.05) is 6.54 Å². The van der Waals surface area contributed by atoms with Crippen molar-refractivity contribution in [1.82, 2.24) is 9.78 Å². The first-order chi connectivity index (χ1) is 6.07. The van der Waals surface area contributed by atoms with Crippen molar-refractivity contribution in [1.29, 1.82) is 0 Å². The number of aryl methyl sites for hydroxylation is 1. The molecule has 0 aliphatic carbocycles. The summed E-state index contributed by atoms with van der Waals surface area (Å²) in [5.41, 5.74) is 6.18. The van der Waals surface area contributed by atoms with Gasteiger partial charge in [-0.25, -0.2) is 0 Å². The SMILES string of the molecule is CC(c1c(Cl)cnn1C)C(O)CN. The van der Waals surface area contributed by atoms with Crippen molar-refractivity contribution in [3.8, 4) is 0 Å². The molecule has 0 aliphatic heterocycles. The monoisotopic (exact) mass is 203 g/mol. The molecule has 0 spiro atoms. The van der Waals surface area contributed by atoms with Crippen LogP contribution < -0.4 is 5.73 Å². The highest BCUT2D eigenvalue weighted by Gasteiger charge is 2.20. The number of nitrogens with two attached hydrogens (primary N) is 1. The lowest BCUT2D eigenvalue weighted by molar-refractivity contribution is 0.154. The number of nitrogens with zero attached hydrogens (tertiary/aromatic N) is 2. The molecule has 1 heterocycles. The standard InChI is InChI=1S/C8H14ClN3O/c1-5(7(13)3-10)8-6(9)4-11-12(8)2/h4-5,7,13H,3,10H2,1-2H3. The number of rotatable bonds is 3. The molecule has 2 atom stereocenters. The summed E-state index contributed by atoms with van der Waals surface area (Å²) in [5, 5.41) is 14.1. The smallest absolute Gasteiger partial charge is 0.0821 e. The Kier molecular flexibility index (Phi) is 3.30. The van der Waals surface area contributed by atoms with Crippen LogP contribution in [0.15, 0.2) is 6.20 Å². The van der Waals surface area contributed by atoms with Gasteiger partial charge in [-0.3, -0.25) is 4.68 Å². The van der Waals surface area contributed by atoms with Gasteiger partial charge in [0.05, 0.1) is 23.0 Å². The van der Waals surface area contributed by atoms with E-state index >= 15 is 0 Å². The third-order valence-electron chi connectivity index (χ3n) is 2.19. The minimum Gasteiger partial charge on any atom is -0.391 e. The van der Waals surface area contributed by atoms with Crippen molar-refractivity contribution in [2.45, 2.75) is 18.9 Å². The molecule has 0 amide bonds. The van der Waals surface area contributed by atoms with E-state index in [1.807, 2.05) is 6.92 Å². The van der Waals surface area contributed by atoms with Gasteiger partial charge in [-0.15, -0.1) is 0 Å². The average molecular weight is 204 g/mol. The maximum absolute atomic E-state index is 9.52. The van der Waals surface area contributed by atoms with E-state index < -0.39 is 6.10 Å². The zero-order valence-electron chi connectivity index (χ0n) is 7.74. The van der Waals surface area contributed by atoms with Crippen LogP contribution in [0.5, 0.6) is 0 Å². The van der Waals surface area contributed by atoms with E-state index in [9.17, 15) is 5.11 Å². The fourth-order valence-corrected chi connectivity index (χ4v) is 1.66. The quantitative estimate of drug-likeness (QED) is 0.752. The Morgan fingerprint density at radius 3 is 2.77 bits per heavy atom. The van der Waals surface area contributed by atoms with Gasteiger partial charge in [-0.05, 0) is 0 Å². The number of aliphatic hydroxyl groups is 1. The molecule has 1 aromatic rings. The van der Waals surface area contributed by atoms with Crippen LogP contribution in [-0.2, 0) is 7.05 Å². The van der Waals surface area contributed by atoms with Crippen LogP contribution in [0.2, 0.25) is 5.02 Å². The van der Waals surface area contributed by atoms with Crippen LogP contribution in [0.3, 0.4) is 0 Å². The highest BCUT2D eigenvalue weighted by atomic mass is 35.5. The Morgan fingerprint density at radius 1 is 1.77 bits per heavy atom. The lowest BCUT2D eigenvalue weighted by Crippen LogP contribution is -2.27. The van der Waals surface area contributed by atoms with Crippen molar-refractivity contribution in [3.05, 3.63) is 16.9 Å². The van der Waals surface area contributed by atoms with Gasteiger partial charge in [0.25, 0.3) is 0 Å². The molecule has 1 aromatic heterocycles. The Bertz CT molecular complexity index is 267. The van der Waals surface area contributed by atoms with E-state index in [1.165, 1.54) is 0 Å². The molecule has 0 saturated carbocycles. The Hall–Kier alpha value is -0.580. The third kappa shape index (κ3) is 2.02. The average Bonchev–Trinajstić information content (AvgIpc) is 2.44. The summed E-state index contributed by atoms with van der Waals surface area (Å²) in [6, 6.07) is 0. The molecule has 4 nitrogen and oxygen atoms in total. The first kappa shape index (κ1) is 10.5. The molecule has 74 valence electrons. The molecule has 2 unspecified atom stereocenters. The van der Waals surface area contributed by atoms with E-state index in [2.05, 4.69) is 5.10 Å². The predicted molar refractivity (Wildman–Crippen MR) is 51.7 cm³/mol. The van der Waals surface area contributed by atoms with Crippen LogP contribution in [0.25, 0.3) is 0 Å². The van der Waals surface area contributed by atoms with Gasteiger partial charge in [-0.2, -0.15) is 5.10 Å². The second-order valence-electron chi connectivity index (χ2n) is 3.09. The van der Waals surface area contributed by atoms with Gasteiger partial charge in [0.15, 0.2) is 0 Å². The molecule has 0 radical (unpaired) electrons. The van der Waals surface area contributed by atoms with Crippen molar-refractivity contribution >= 4 is 11.6 Å². The minimum absolute atomic E-state index is 0.0926. The fraction of sp³-hybridized carbons (Fsp3) is 0.625. The van der Waals surface area contributed by atoms with Crippen LogP contribution in [0.1, 0.15) is 18.5 Å². The summed E-state index contributed by atoms with van der Waals surface area (Å²) in [6.07, 6.45) is 0.990. The van der Waals surface area contributed by atoms with Gasteiger partial charge in [-0.1, -0.05) is 18.5 Å². The largest absolute Gasteiger partial charge is 0.391 e. The lowest BCUT2D eigenvalue weighted by atomic mass is 10.0. The zero-order chi connectivity index (χ0) is 10.0. The van der Waals surface area contributed by atoms with Crippen LogP contribution >= 0.6 is 11.6 Å². The second-order valence-corrected chi connectivity index (χ2v) is 3.50. The summed E-state index contributed by atoms with van der Waals surface area (Å²) in [7, 11) is 1.79. The van der Waals surface area contributed by atoms with Gasteiger partial charge in [0.2, 0.25) is 0 Å². The molecule has 3 N–H and O–H groups in total. The van der Waals surface area contributed by atoms with E-state index in [1.54, 1.807) is 17.9 Å². The number of hydrogen-bond acceptors (Lipinski definition) is 3. The van der Waals surface area contributed by atoms with E-state index in [-0.39, 0.29) is 12.5 Å². The minimum atomic E-state index is -0.576. The summed E-state index contributed by atoms with van der Waals surface area (Å²) in [4.78, 5) is 0. The third-order valence-corrected chi connectivity index (χ3v) is 2.48. The first-order valence-electron chi connectivity index (χ1n) is 4.13. The summed E-state index contributed by atoms with van der Waals surface area (Å²) < 4.78 is 1.66. The topological polar surface area (TPSA) is 64.1 Å². The molecule has 5 heteroatoms. The van der Waals surface area contributed by atoms with Gasteiger partial charge in [0, 0.05) is 19.5 Å². The van der Waals surface area contributed by atoms with Crippen molar-refractivity contribution < 1.29 is 5.11 Å². The summed E-state index contributed by atoms with van der Waals surface area (Å²) in [5.74, 6) is -0.0926. The molecule has 0 aliphatic rings. The van der Waals surface area contributed by atoms with E-state index in [4.69, 9.17) is 17.3 Å². The number of aliphatic hydroxyl groups excluding tert-OH is 1. The predicted octanol–water partition coefficient (Wildman–Crippen LogP) is 0.497. The zero-order valence-corrected chi connectivity index (χ0v) is 8.49. The summed E-state index contributed by atoms with van der Waals surface area (Å²) >= 11 is 5.91. The maximum atomic E-state index is 9.52. The number of halogens is 1. The van der Waals surface area contributed by atoms with Gasteiger partial charge < -0.3 is 10.8 Å². The normalized spacial score (nSPS) is 15.8. The highest BCUT2D eigenvalue weighted by molar-refractivity contribution is 6.31. The lowest BCUT2D eigenvalue weighted by Gasteiger charge is -2.17. The van der Waals surface area contributed by atoms with Crippen molar-refractivity contribution in [2.24, 2.45) is 12.8 Å². The first-order valence-corrected chi connectivity index (χ1v) is 4.51. The molecule has 1 rings (SSSR count).